The molecule has 0 nitrogen and oxygen atoms in total. The van der Waals surface area contributed by atoms with E-state index in [9.17, 15) is 0 Å². The van der Waals surface area contributed by atoms with Gasteiger partial charge in [-0.2, -0.15) is 0 Å². The van der Waals surface area contributed by atoms with Gasteiger partial charge in [-0.3, -0.25) is 0 Å². The molecule has 0 aromatic rings. The van der Waals surface area contributed by atoms with Crippen LogP contribution in [0.4, 0.5) is 0 Å². The Morgan fingerprint density at radius 3 is 0.441 bits per heavy atom. The van der Waals surface area contributed by atoms with Crippen LogP contribution in [0.2, 0.25) is 0 Å². The molecular formula is C59H120. The zero-order valence-electron chi connectivity index (χ0n) is 45.3. The lowest BCUT2D eigenvalue weighted by molar-refractivity contribution is -0.252. The summed E-state index contributed by atoms with van der Waals surface area (Å²) in [6.07, 6.45) is 27.4. The molecule has 0 spiro atoms. The van der Waals surface area contributed by atoms with Crippen molar-refractivity contribution >= 4 is 0 Å². The van der Waals surface area contributed by atoms with Crippen LogP contribution < -0.4 is 0 Å². The summed E-state index contributed by atoms with van der Waals surface area (Å²) >= 11 is 0. The second kappa shape index (κ2) is 23.3. The van der Waals surface area contributed by atoms with Gasteiger partial charge >= 0.3 is 0 Å². The minimum Gasteiger partial charge on any atom is -0.0776 e. The maximum atomic E-state index is 2.44. The van der Waals surface area contributed by atoms with Gasteiger partial charge in [0, 0.05) is 0 Å². The van der Waals surface area contributed by atoms with Gasteiger partial charge in [-0.25, -0.2) is 0 Å². The summed E-state index contributed by atoms with van der Waals surface area (Å²) in [7, 11) is 0. The summed E-state index contributed by atoms with van der Waals surface area (Å²) in [5, 5.41) is 0. The fourth-order valence-electron chi connectivity index (χ4n) is 14.6. The van der Waals surface area contributed by atoms with E-state index in [1.165, 1.54) is 116 Å². The molecule has 0 radical (unpaired) electrons. The van der Waals surface area contributed by atoms with Crippen molar-refractivity contribution in [1.29, 1.82) is 0 Å². The molecule has 11 rings (SSSR count). The normalized spacial score (nSPS) is 38.2. The van der Waals surface area contributed by atoms with Crippen LogP contribution in [0.3, 0.4) is 0 Å². The zero-order valence-corrected chi connectivity index (χ0v) is 45.3. The van der Waals surface area contributed by atoms with Crippen molar-refractivity contribution in [1.82, 2.24) is 0 Å². The van der Waals surface area contributed by atoms with Gasteiger partial charge in [-0.05, 0) is 206 Å². The number of hydrogen-bond acceptors (Lipinski definition) is 0. The van der Waals surface area contributed by atoms with Gasteiger partial charge in [-0.1, -0.05) is 174 Å². The topological polar surface area (TPSA) is 0 Å². The Bertz CT molecular complexity index is 994. The summed E-state index contributed by atoms with van der Waals surface area (Å²) in [6, 6.07) is 0. The largest absolute Gasteiger partial charge is 0.0776 e. The van der Waals surface area contributed by atoms with Crippen LogP contribution >= 0.6 is 0 Å². The van der Waals surface area contributed by atoms with Crippen LogP contribution in [-0.4, -0.2) is 0 Å². The molecule has 356 valence electrons. The van der Waals surface area contributed by atoms with Gasteiger partial charge < -0.3 is 0 Å². The lowest BCUT2D eigenvalue weighted by Gasteiger charge is -2.75. The van der Waals surface area contributed by atoms with E-state index in [0.717, 1.165) is 90.7 Å². The fourth-order valence-corrected chi connectivity index (χ4v) is 14.6. The summed E-state index contributed by atoms with van der Waals surface area (Å²) < 4.78 is 0. The van der Waals surface area contributed by atoms with Crippen LogP contribution in [0.1, 0.15) is 289 Å². The molecule has 0 unspecified atom stereocenters. The van der Waals surface area contributed by atoms with E-state index < -0.39 is 0 Å². The van der Waals surface area contributed by atoms with Gasteiger partial charge in [0.2, 0.25) is 0 Å². The zero-order chi connectivity index (χ0) is 45.3. The van der Waals surface area contributed by atoms with E-state index in [1.807, 2.05) is 55.4 Å². The van der Waals surface area contributed by atoms with Crippen molar-refractivity contribution in [3.05, 3.63) is 0 Å². The fraction of sp³-hybridized carbons (Fsp3) is 1.00. The highest BCUT2D eigenvalue weighted by molar-refractivity contribution is 5.19. The van der Waals surface area contributed by atoms with Crippen LogP contribution in [0.5, 0.6) is 0 Å². The van der Waals surface area contributed by atoms with Crippen LogP contribution in [0, 0.1) is 90.7 Å². The molecule has 11 aliphatic carbocycles. The summed E-state index contributed by atoms with van der Waals surface area (Å²) in [6.45, 7) is 54.7. The Balaban J connectivity index is 0.000000716. The Labute approximate surface area is 378 Å². The minimum absolute atomic E-state index is 0. The SMILES string of the molecule is C.CC.CC.CC.CC.CC(C)C12CC(C(C)C)(C1)C2.CC(C)C12CCC(C(C)C)(C1)C2.CC(C)C12CCC(C(C)C)(CC1)C2.CC(C)C12CCC(C(C)C)(CC1)CC2. The van der Waals surface area contributed by atoms with E-state index in [-0.39, 0.29) is 7.43 Å². The first-order valence-corrected chi connectivity index (χ1v) is 27.0. The molecule has 11 fully saturated rings. The Kier molecular flexibility index (Phi) is 23.3. The second-order valence-corrected chi connectivity index (χ2v) is 24.2. The highest BCUT2D eigenvalue weighted by Crippen LogP contribution is 2.78. The van der Waals surface area contributed by atoms with Gasteiger partial charge in [0.1, 0.15) is 0 Å². The standard InChI is InChI=1S/C14H26.C13H24.C12H22.C11H20.4C2H6.CH4/c1-11(2)13-5-8-14(9-6-13,10-7-13)12(3)4;1-10(2)12-5-7-13(9-12,8-6-12)11(3)4;1-9(2)11-5-6-12(7-11,8-11)10(3)4;1-8(2)10-5-11(6-10,7-10)9(3)4;4*1-2;/h11-12H,5-10H2,1-4H3;10-11H,5-9H2,1-4H3;9-10H,5-8H2,1-4H3;8-9H,5-7H2,1-4H3;4*1-2H3;1H4. The average Bonchev–Trinajstić information content (AvgIpc) is 3.96. The molecule has 0 heterocycles. The molecule has 0 atom stereocenters. The van der Waals surface area contributed by atoms with Gasteiger partial charge in [0.25, 0.3) is 0 Å². The third-order valence-corrected chi connectivity index (χ3v) is 20.7. The average molecular weight is 830 g/mol. The predicted octanol–water partition coefficient (Wildman–Crippen LogP) is 21.0. The first-order chi connectivity index (χ1) is 27.0. The van der Waals surface area contributed by atoms with Gasteiger partial charge in [0.15, 0.2) is 0 Å². The van der Waals surface area contributed by atoms with E-state index in [2.05, 4.69) is 111 Å². The van der Waals surface area contributed by atoms with Crippen LogP contribution in [-0.2, 0) is 0 Å². The van der Waals surface area contributed by atoms with Crippen LogP contribution in [0.25, 0.3) is 0 Å². The third-order valence-electron chi connectivity index (χ3n) is 20.7. The van der Waals surface area contributed by atoms with E-state index in [0.29, 0.717) is 0 Å². The van der Waals surface area contributed by atoms with Crippen molar-refractivity contribution in [3.8, 4) is 0 Å². The molecule has 0 amide bonds. The molecule has 0 N–H and O–H groups in total. The quantitative estimate of drug-likeness (QED) is 0.229. The Morgan fingerprint density at radius 1 is 0.186 bits per heavy atom. The first-order valence-electron chi connectivity index (χ1n) is 27.0. The second-order valence-electron chi connectivity index (χ2n) is 24.2. The van der Waals surface area contributed by atoms with Crippen molar-refractivity contribution in [2.75, 3.05) is 0 Å². The Hall–Kier alpha value is 0. The van der Waals surface area contributed by atoms with Crippen molar-refractivity contribution in [3.63, 3.8) is 0 Å². The molecule has 59 heavy (non-hydrogen) atoms. The molecule has 0 aromatic carbocycles. The van der Waals surface area contributed by atoms with E-state index in [1.54, 1.807) is 0 Å². The van der Waals surface area contributed by atoms with E-state index >= 15 is 0 Å². The molecule has 0 saturated heterocycles. The molecule has 0 aliphatic heterocycles. The van der Waals surface area contributed by atoms with Gasteiger partial charge in [0.05, 0.1) is 0 Å². The van der Waals surface area contributed by atoms with Crippen molar-refractivity contribution in [2.45, 2.75) is 289 Å². The molecular weight excluding hydrogens is 709 g/mol. The molecule has 0 aromatic heterocycles. The maximum Gasteiger partial charge on any atom is -0.0258 e. The summed E-state index contributed by atoms with van der Waals surface area (Å²) in [4.78, 5) is 0. The molecule has 0 heteroatoms. The first kappa shape index (κ1) is 59.0. The lowest BCUT2D eigenvalue weighted by Crippen LogP contribution is -2.66. The van der Waals surface area contributed by atoms with E-state index in [4.69, 9.17) is 0 Å². The maximum absolute atomic E-state index is 2.44. The molecule has 11 saturated carbocycles. The Morgan fingerprint density at radius 2 is 0.305 bits per heavy atom. The number of hydrogen-bond donors (Lipinski definition) is 0. The lowest BCUT2D eigenvalue weighted by atomic mass is 9.30. The van der Waals surface area contributed by atoms with Gasteiger partial charge in [-0.15, -0.1) is 0 Å². The van der Waals surface area contributed by atoms with Crippen molar-refractivity contribution < 1.29 is 0 Å². The molecule has 11 aliphatic rings. The highest BCUT2D eigenvalue weighted by atomic mass is 14.7. The summed E-state index contributed by atoms with van der Waals surface area (Å²) in [5.74, 6) is 7.36. The number of rotatable bonds is 8. The monoisotopic (exact) mass is 829 g/mol. The predicted molar refractivity (Wildman–Crippen MR) is 273 cm³/mol. The summed E-state index contributed by atoms with van der Waals surface area (Å²) in [5.41, 5.74) is 6.19. The smallest absolute Gasteiger partial charge is 0.0258 e. The number of fused-ring (bicyclic) bond motifs is 6. The highest BCUT2D eigenvalue weighted by Gasteiger charge is 2.69. The third kappa shape index (κ3) is 11.5. The van der Waals surface area contributed by atoms with Crippen molar-refractivity contribution in [2.24, 2.45) is 90.7 Å². The minimum atomic E-state index is 0. The van der Waals surface area contributed by atoms with Crippen LogP contribution in [0.15, 0.2) is 0 Å². The molecule has 8 bridgehead atoms.